The summed E-state index contributed by atoms with van der Waals surface area (Å²) in [6.07, 6.45) is 20.8. The van der Waals surface area contributed by atoms with Gasteiger partial charge in [-0.15, -0.1) is 6.58 Å². The fraction of sp³-hybridized carbons (Fsp3) is 0.727. The summed E-state index contributed by atoms with van der Waals surface area (Å²) in [5, 5.41) is 0. The predicted molar refractivity (Wildman–Crippen MR) is 94.5 cm³/mol. The van der Waals surface area contributed by atoms with Gasteiger partial charge in [0, 0.05) is 5.41 Å². The van der Waals surface area contributed by atoms with Gasteiger partial charge in [0.05, 0.1) is 0 Å². The number of allylic oxidation sites excluding steroid dienone is 5. The Morgan fingerprint density at radius 1 is 1.18 bits per heavy atom. The quantitative estimate of drug-likeness (QED) is 0.524. The summed E-state index contributed by atoms with van der Waals surface area (Å²) in [6, 6.07) is 0. The highest BCUT2D eigenvalue weighted by atomic mass is 14.6. The molecular weight excluding hydrogens is 264 g/mol. The molecule has 4 aliphatic rings. The normalized spacial score (nSPS) is 49.8. The van der Waals surface area contributed by atoms with Gasteiger partial charge in [0.25, 0.3) is 0 Å². The Kier molecular flexibility index (Phi) is 3.44. The molecule has 3 saturated carbocycles. The molecule has 22 heavy (non-hydrogen) atoms. The molecule has 4 rings (SSSR count). The molecule has 0 aliphatic heterocycles. The molecule has 0 aromatic carbocycles. The van der Waals surface area contributed by atoms with Crippen LogP contribution >= 0.6 is 0 Å². The molecule has 0 aromatic rings. The maximum absolute atomic E-state index is 4.02. The second-order valence-electron chi connectivity index (χ2n) is 8.91. The van der Waals surface area contributed by atoms with E-state index in [2.05, 4.69) is 44.7 Å². The van der Waals surface area contributed by atoms with Crippen LogP contribution in [0.15, 0.2) is 36.5 Å². The Balaban J connectivity index is 1.65. The van der Waals surface area contributed by atoms with Crippen LogP contribution in [0.2, 0.25) is 0 Å². The summed E-state index contributed by atoms with van der Waals surface area (Å²) >= 11 is 0. The molecule has 0 heteroatoms. The molecule has 0 radical (unpaired) electrons. The molecule has 0 nitrogen and oxygen atoms in total. The molecular formula is C22H32. The van der Waals surface area contributed by atoms with Crippen LogP contribution in [-0.4, -0.2) is 0 Å². The lowest BCUT2D eigenvalue weighted by Gasteiger charge is -2.57. The Morgan fingerprint density at radius 3 is 2.86 bits per heavy atom. The summed E-state index contributed by atoms with van der Waals surface area (Å²) in [5.74, 6) is 3.76. The van der Waals surface area contributed by atoms with E-state index in [4.69, 9.17) is 0 Å². The average molecular weight is 296 g/mol. The van der Waals surface area contributed by atoms with Gasteiger partial charge in [-0.3, -0.25) is 0 Å². The molecule has 0 aromatic heterocycles. The van der Waals surface area contributed by atoms with Crippen LogP contribution in [0.3, 0.4) is 0 Å². The van der Waals surface area contributed by atoms with E-state index in [1.807, 2.05) is 0 Å². The molecule has 0 saturated heterocycles. The third kappa shape index (κ3) is 1.88. The summed E-state index contributed by atoms with van der Waals surface area (Å²) in [7, 11) is 0. The van der Waals surface area contributed by atoms with Crippen LogP contribution < -0.4 is 0 Å². The Hall–Kier alpha value is -0.780. The van der Waals surface area contributed by atoms with E-state index < -0.39 is 0 Å². The molecule has 6 atom stereocenters. The molecule has 120 valence electrons. The van der Waals surface area contributed by atoms with E-state index in [0.717, 1.165) is 23.7 Å². The molecule has 0 heterocycles. The summed E-state index contributed by atoms with van der Waals surface area (Å²) in [5.41, 5.74) is 2.75. The first-order chi connectivity index (χ1) is 10.6. The second kappa shape index (κ2) is 5.11. The van der Waals surface area contributed by atoms with E-state index in [9.17, 15) is 0 Å². The van der Waals surface area contributed by atoms with Gasteiger partial charge in [-0.05, 0) is 80.5 Å². The Labute approximate surface area is 136 Å². The number of fused-ring (bicyclic) bond motifs is 5. The molecule has 3 fully saturated rings. The van der Waals surface area contributed by atoms with E-state index in [1.165, 1.54) is 51.4 Å². The lowest BCUT2D eigenvalue weighted by molar-refractivity contribution is -0.0331. The van der Waals surface area contributed by atoms with Gasteiger partial charge in [-0.2, -0.15) is 0 Å². The fourth-order valence-electron chi connectivity index (χ4n) is 7.04. The molecule has 4 aliphatic carbocycles. The summed E-state index contributed by atoms with van der Waals surface area (Å²) in [6.45, 7) is 9.19. The third-order valence-electron chi connectivity index (χ3n) is 8.26. The highest BCUT2D eigenvalue weighted by molar-refractivity contribution is 5.31. The van der Waals surface area contributed by atoms with E-state index in [0.29, 0.717) is 10.8 Å². The highest BCUT2D eigenvalue weighted by Crippen LogP contribution is 2.66. The fourth-order valence-corrected chi connectivity index (χ4v) is 7.04. The number of rotatable bonds is 2. The second-order valence-corrected chi connectivity index (χ2v) is 8.91. The zero-order chi connectivity index (χ0) is 15.4. The van der Waals surface area contributed by atoms with Crippen molar-refractivity contribution in [1.29, 1.82) is 0 Å². The third-order valence-corrected chi connectivity index (χ3v) is 8.26. The maximum atomic E-state index is 4.02. The Bertz CT molecular complexity index is 524. The van der Waals surface area contributed by atoms with Gasteiger partial charge < -0.3 is 0 Å². The summed E-state index contributed by atoms with van der Waals surface area (Å²) < 4.78 is 0. The van der Waals surface area contributed by atoms with Crippen LogP contribution in [0, 0.1) is 34.5 Å². The minimum Gasteiger partial charge on any atom is -0.103 e. The molecule has 0 spiro atoms. The van der Waals surface area contributed by atoms with Crippen molar-refractivity contribution >= 4 is 0 Å². The van der Waals surface area contributed by atoms with Crippen molar-refractivity contribution in [2.75, 3.05) is 0 Å². The SMILES string of the molecule is C=CC[C@H]1CC[C@H]2[C@@H]3CCC4=CCC=C[C@]4(C)[C@H]3CC[C@]12C. The molecule has 0 amide bonds. The van der Waals surface area contributed by atoms with E-state index in [1.54, 1.807) is 5.57 Å². The smallest absolute Gasteiger partial charge is 0.00936 e. The maximum Gasteiger partial charge on any atom is 0.00936 e. The minimum absolute atomic E-state index is 0.388. The van der Waals surface area contributed by atoms with Crippen LogP contribution in [0.4, 0.5) is 0 Å². The van der Waals surface area contributed by atoms with Gasteiger partial charge in [-0.25, -0.2) is 0 Å². The zero-order valence-electron chi connectivity index (χ0n) is 14.5. The monoisotopic (exact) mass is 296 g/mol. The predicted octanol–water partition coefficient (Wildman–Crippen LogP) is 6.31. The van der Waals surface area contributed by atoms with Gasteiger partial charge in [0.1, 0.15) is 0 Å². The highest BCUT2D eigenvalue weighted by Gasteiger charge is 2.57. The van der Waals surface area contributed by atoms with Crippen LogP contribution in [-0.2, 0) is 0 Å². The number of hydrogen-bond acceptors (Lipinski definition) is 0. The van der Waals surface area contributed by atoms with Gasteiger partial charge >= 0.3 is 0 Å². The van der Waals surface area contributed by atoms with Crippen LogP contribution in [0.1, 0.15) is 65.2 Å². The first-order valence-corrected chi connectivity index (χ1v) is 9.57. The summed E-state index contributed by atoms with van der Waals surface area (Å²) in [4.78, 5) is 0. The van der Waals surface area contributed by atoms with Gasteiger partial charge in [-0.1, -0.05) is 43.7 Å². The van der Waals surface area contributed by atoms with Crippen molar-refractivity contribution in [2.24, 2.45) is 34.5 Å². The zero-order valence-corrected chi connectivity index (χ0v) is 14.5. The van der Waals surface area contributed by atoms with Crippen LogP contribution in [0.25, 0.3) is 0 Å². The van der Waals surface area contributed by atoms with Crippen molar-refractivity contribution in [3.63, 3.8) is 0 Å². The number of hydrogen-bond donors (Lipinski definition) is 0. The van der Waals surface area contributed by atoms with Crippen molar-refractivity contribution < 1.29 is 0 Å². The lowest BCUT2D eigenvalue weighted by atomic mass is 9.47. The topological polar surface area (TPSA) is 0 Å². The minimum atomic E-state index is 0.388. The van der Waals surface area contributed by atoms with Crippen molar-refractivity contribution in [3.05, 3.63) is 36.5 Å². The lowest BCUT2D eigenvalue weighted by Crippen LogP contribution is -2.49. The first kappa shape index (κ1) is 14.8. The molecule has 0 N–H and O–H groups in total. The largest absolute Gasteiger partial charge is 0.103 e. The van der Waals surface area contributed by atoms with Crippen molar-refractivity contribution in [3.8, 4) is 0 Å². The van der Waals surface area contributed by atoms with Gasteiger partial charge in [0.15, 0.2) is 0 Å². The Morgan fingerprint density at radius 2 is 2.05 bits per heavy atom. The average Bonchev–Trinajstić information content (AvgIpc) is 2.84. The van der Waals surface area contributed by atoms with E-state index in [-0.39, 0.29) is 0 Å². The van der Waals surface area contributed by atoms with Crippen molar-refractivity contribution in [1.82, 2.24) is 0 Å². The molecule has 0 unspecified atom stereocenters. The van der Waals surface area contributed by atoms with Crippen molar-refractivity contribution in [2.45, 2.75) is 65.2 Å². The van der Waals surface area contributed by atoms with E-state index >= 15 is 0 Å². The first-order valence-electron chi connectivity index (χ1n) is 9.57. The molecule has 0 bridgehead atoms. The standard InChI is InChI=1S/C22H32/c1-4-7-16-10-12-19-18-11-9-17-8-5-6-14-21(17,2)20(18)13-15-22(16,19)3/h4,6,8,14,16,18-20H,1,5,7,9-13,15H2,2-3H3/t16-,18-,19-,20-,21-,22+/m0/s1. The van der Waals surface area contributed by atoms with Crippen LogP contribution in [0.5, 0.6) is 0 Å². The van der Waals surface area contributed by atoms with Gasteiger partial charge in [0.2, 0.25) is 0 Å².